The van der Waals surface area contributed by atoms with Gasteiger partial charge in [0.2, 0.25) is 0 Å². The monoisotopic (exact) mass is 252 g/mol. The Morgan fingerprint density at radius 3 is 1.00 bits per heavy atom. The third-order valence-electron chi connectivity index (χ3n) is 0. The number of hydrogen-bond donors (Lipinski definition) is 0. The zero-order chi connectivity index (χ0) is 5.41. The number of nitrogens with zero attached hydrogens (tertiary/aromatic N) is 2. The van der Waals surface area contributed by atoms with Crippen molar-refractivity contribution >= 4 is 78.3 Å². The third kappa shape index (κ3) is 104. The van der Waals surface area contributed by atoms with Crippen LogP contribution in [0.3, 0.4) is 0 Å². The van der Waals surface area contributed by atoms with Gasteiger partial charge in [-0.15, -0.1) is 0 Å². The van der Waals surface area contributed by atoms with E-state index in [0.717, 1.165) is 0 Å². The first-order valence-corrected chi connectivity index (χ1v) is 2.57. The van der Waals surface area contributed by atoms with Crippen LogP contribution >= 0.6 is 0 Å². The molecule has 5 heteroatoms. The summed E-state index contributed by atoms with van der Waals surface area (Å²) in [6, 6.07) is 0. The average Bonchev–Trinajstić information content (AvgIpc) is 1.39. The molecule has 0 spiro atoms. The molecule has 0 aromatic heterocycles. The fraction of sp³-hybridized carbons (Fsp3) is 0. The van der Waals surface area contributed by atoms with E-state index in [1.807, 2.05) is 0 Å². The Balaban J connectivity index is -0.0000000400. The van der Waals surface area contributed by atoms with Crippen molar-refractivity contribution in [3.63, 3.8) is 0 Å². The predicted molar refractivity (Wildman–Crippen MR) is 34.0 cm³/mol. The molecule has 0 aliphatic heterocycles. The van der Waals surface area contributed by atoms with E-state index in [1.54, 1.807) is 9.43 Å². The van der Waals surface area contributed by atoms with Gasteiger partial charge >= 0.3 is 89.1 Å². The molecule has 0 bridgehead atoms. The van der Waals surface area contributed by atoms with Crippen LogP contribution in [0.1, 0.15) is 0 Å². The van der Waals surface area contributed by atoms with E-state index in [4.69, 9.17) is 10.8 Å². The van der Waals surface area contributed by atoms with E-state index in [0.29, 0.717) is 0 Å². The van der Waals surface area contributed by atoms with Gasteiger partial charge in [0.05, 0.1) is 0 Å². The summed E-state index contributed by atoms with van der Waals surface area (Å²) < 4.78 is 3.25. The van der Waals surface area contributed by atoms with Crippen LogP contribution in [-0.2, 0) is 0 Å². The molecule has 0 saturated heterocycles. The van der Waals surface area contributed by atoms with Crippen LogP contribution in [0.15, 0.2) is 0 Å². The van der Waals surface area contributed by atoms with Crippen LogP contribution in [0.4, 0.5) is 0 Å². The molecule has 0 amide bonds. The Morgan fingerprint density at radius 1 is 1.00 bits per heavy atom. The molecule has 32 valence electrons. The SMILES string of the molecule is [Ca+2].[N-]=C=[Se].[N-]=C=[Se]. The Labute approximate surface area is 87.8 Å². The van der Waals surface area contributed by atoms with Gasteiger partial charge < -0.3 is 0 Å². The fourth-order valence-corrected chi connectivity index (χ4v) is 0. The summed E-state index contributed by atoms with van der Waals surface area (Å²) in [7, 11) is 0. The molecule has 0 aromatic carbocycles. The van der Waals surface area contributed by atoms with Crippen molar-refractivity contribution < 1.29 is 0 Å². The van der Waals surface area contributed by atoms with Crippen molar-refractivity contribution in [2.75, 3.05) is 0 Å². The van der Waals surface area contributed by atoms with Crippen molar-refractivity contribution in [1.82, 2.24) is 0 Å². The van der Waals surface area contributed by atoms with E-state index in [9.17, 15) is 0 Å². The summed E-state index contributed by atoms with van der Waals surface area (Å²) in [5.74, 6) is 0. The zero-order valence-corrected chi connectivity index (χ0v) is 9.05. The third-order valence-corrected chi connectivity index (χ3v) is 0. The van der Waals surface area contributed by atoms with Crippen LogP contribution in [0.5, 0.6) is 0 Å². The summed E-state index contributed by atoms with van der Waals surface area (Å²) in [4.78, 5) is 0. The molecular formula is C2CaN2Se2. The Hall–Kier alpha value is 1.46. The van der Waals surface area contributed by atoms with E-state index in [-0.39, 0.29) is 37.7 Å². The van der Waals surface area contributed by atoms with Crippen LogP contribution in [0.25, 0.3) is 10.8 Å². The number of hydrogen-bond acceptors (Lipinski definition) is 0. The Morgan fingerprint density at radius 2 is 1.00 bits per heavy atom. The minimum atomic E-state index is 0. The van der Waals surface area contributed by atoms with Crippen molar-refractivity contribution in [3.05, 3.63) is 10.8 Å². The predicted octanol–water partition coefficient (Wildman–Crippen LogP) is -1.12. The second-order valence-electron chi connectivity index (χ2n) is 0.183. The van der Waals surface area contributed by atoms with E-state index in [2.05, 4.69) is 31.2 Å². The molecule has 0 saturated carbocycles. The number of rotatable bonds is 0. The molecule has 7 heavy (non-hydrogen) atoms. The summed E-state index contributed by atoms with van der Waals surface area (Å²) >= 11 is 4.22. The van der Waals surface area contributed by atoms with Gasteiger partial charge in [-0.3, -0.25) is 0 Å². The first-order chi connectivity index (χ1) is 2.83. The van der Waals surface area contributed by atoms with Crippen LogP contribution in [0.2, 0.25) is 0 Å². The minimum absolute atomic E-state index is 0. The fourth-order valence-electron chi connectivity index (χ4n) is 0. The molecule has 0 unspecified atom stereocenters. The summed E-state index contributed by atoms with van der Waals surface area (Å²) in [5.41, 5.74) is 0. The van der Waals surface area contributed by atoms with E-state index < -0.39 is 0 Å². The maximum absolute atomic E-state index is 7.26. The van der Waals surface area contributed by atoms with Crippen molar-refractivity contribution in [2.45, 2.75) is 0 Å². The van der Waals surface area contributed by atoms with Gasteiger partial charge in [0, 0.05) is 0 Å². The van der Waals surface area contributed by atoms with E-state index >= 15 is 0 Å². The first kappa shape index (κ1) is 15.8. The van der Waals surface area contributed by atoms with Crippen molar-refractivity contribution in [3.8, 4) is 0 Å². The molecule has 0 aliphatic carbocycles. The molecule has 0 rings (SSSR count). The van der Waals surface area contributed by atoms with E-state index in [1.165, 1.54) is 0 Å². The normalized spacial score (nSPS) is 2.29. The second kappa shape index (κ2) is 26.0. The van der Waals surface area contributed by atoms with Crippen LogP contribution in [-0.4, -0.2) is 78.3 Å². The van der Waals surface area contributed by atoms with Gasteiger partial charge in [-0.1, -0.05) is 0 Å². The molecule has 0 fully saturated rings. The molecule has 0 radical (unpaired) electrons. The zero-order valence-electron chi connectivity index (χ0n) is 3.42. The van der Waals surface area contributed by atoms with Gasteiger partial charge in [0.25, 0.3) is 0 Å². The molecule has 0 N–H and O–H groups in total. The van der Waals surface area contributed by atoms with Gasteiger partial charge in [0.15, 0.2) is 0 Å². The Bertz CT molecular complexity index is 67.7. The summed E-state index contributed by atoms with van der Waals surface area (Å²) in [5, 5.41) is 14.5. The topological polar surface area (TPSA) is 44.6 Å². The molecule has 2 nitrogen and oxygen atoms in total. The quantitative estimate of drug-likeness (QED) is 0.386. The first-order valence-electron chi connectivity index (χ1n) is 0.855. The van der Waals surface area contributed by atoms with Gasteiger partial charge in [-0.25, -0.2) is 0 Å². The molecular weight excluding hydrogens is 250 g/mol. The average molecular weight is 250 g/mol. The Kier molecular flexibility index (Phi) is 58.7. The van der Waals surface area contributed by atoms with Gasteiger partial charge in [0.1, 0.15) is 0 Å². The molecule has 0 atom stereocenters. The van der Waals surface area contributed by atoms with Gasteiger partial charge in [-0.2, -0.15) is 0 Å². The molecule has 0 aliphatic rings. The standard InChI is InChI=1S/2CNSe.Ca/c2*2-1-3;/q2*-1;+2. The second-order valence-corrected chi connectivity index (χ2v) is 0.949. The van der Waals surface area contributed by atoms with Crippen LogP contribution in [0, 0.1) is 0 Å². The maximum atomic E-state index is 7.26. The van der Waals surface area contributed by atoms with Crippen molar-refractivity contribution in [1.29, 1.82) is 0 Å². The summed E-state index contributed by atoms with van der Waals surface area (Å²) in [6.45, 7) is 0. The summed E-state index contributed by atoms with van der Waals surface area (Å²) in [6.07, 6.45) is 0. The van der Waals surface area contributed by atoms with Gasteiger partial charge in [-0.05, 0) is 0 Å². The van der Waals surface area contributed by atoms with Crippen LogP contribution < -0.4 is 0 Å². The molecule has 0 aromatic rings. The van der Waals surface area contributed by atoms with Crippen molar-refractivity contribution in [2.24, 2.45) is 0 Å². The molecule has 0 heterocycles.